The van der Waals surface area contributed by atoms with Gasteiger partial charge in [-0.15, -0.1) is 0 Å². The molecule has 6 heteroatoms. The first-order valence-electron chi connectivity index (χ1n) is 8.34. The van der Waals surface area contributed by atoms with Gasteiger partial charge in [-0.1, -0.05) is 30.3 Å². The summed E-state index contributed by atoms with van der Waals surface area (Å²) in [4.78, 5) is 28.1. The van der Waals surface area contributed by atoms with E-state index in [0.29, 0.717) is 12.1 Å². The minimum Gasteiger partial charge on any atom is -0.453 e. The molecular weight excluding hydrogens is 330 g/mol. The minimum atomic E-state index is -0.512. The molecule has 1 N–H and O–H groups in total. The van der Waals surface area contributed by atoms with Crippen molar-refractivity contribution < 1.29 is 14.3 Å². The van der Waals surface area contributed by atoms with Crippen molar-refractivity contribution in [3.05, 3.63) is 83.9 Å². The highest BCUT2D eigenvalue weighted by atomic mass is 16.5. The second kappa shape index (κ2) is 6.84. The number of ether oxygens (including phenoxy) is 1. The van der Waals surface area contributed by atoms with Crippen LogP contribution in [0.5, 0.6) is 0 Å². The Kier molecular flexibility index (Phi) is 4.23. The SMILES string of the molecule is O=C(CC1OC(=O)c2ccccc21)NCc1ccc(-n2ccnc2)cc1. The molecule has 4 rings (SSSR count). The molecule has 0 radical (unpaired) electrons. The first-order valence-corrected chi connectivity index (χ1v) is 8.34. The van der Waals surface area contributed by atoms with Crippen LogP contribution in [-0.4, -0.2) is 21.4 Å². The van der Waals surface area contributed by atoms with Gasteiger partial charge in [-0.2, -0.15) is 0 Å². The predicted octanol–water partition coefficient (Wildman–Crippen LogP) is 2.79. The first kappa shape index (κ1) is 16.1. The number of carbonyl (C=O) groups is 2. The highest BCUT2D eigenvalue weighted by Gasteiger charge is 2.31. The van der Waals surface area contributed by atoms with Gasteiger partial charge in [0.25, 0.3) is 0 Å². The molecule has 0 fully saturated rings. The van der Waals surface area contributed by atoms with E-state index < -0.39 is 6.10 Å². The summed E-state index contributed by atoms with van der Waals surface area (Å²) < 4.78 is 7.21. The number of esters is 1. The maximum atomic E-state index is 12.2. The van der Waals surface area contributed by atoms with Crippen molar-refractivity contribution >= 4 is 11.9 Å². The smallest absolute Gasteiger partial charge is 0.339 e. The number of carbonyl (C=O) groups excluding carboxylic acids is 2. The molecule has 130 valence electrons. The van der Waals surface area contributed by atoms with Gasteiger partial charge in [0.05, 0.1) is 18.3 Å². The molecule has 3 aromatic rings. The summed E-state index contributed by atoms with van der Waals surface area (Å²) in [6.45, 7) is 0.422. The Balaban J connectivity index is 1.34. The van der Waals surface area contributed by atoms with Gasteiger partial charge in [-0.3, -0.25) is 4.79 Å². The van der Waals surface area contributed by atoms with Gasteiger partial charge in [-0.25, -0.2) is 9.78 Å². The molecule has 2 aromatic carbocycles. The fraction of sp³-hybridized carbons (Fsp3) is 0.150. The van der Waals surface area contributed by atoms with E-state index in [2.05, 4.69) is 10.3 Å². The number of hydrogen-bond donors (Lipinski definition) is 1. The maximum absolute atomic E-state index is 12.2. The molecule has 2 heterocycles. The number of nitrogens with one attached hydrogen (secondary N) is 1. The Hall–Kier alpha value is -3.41. The number of benzene rings is 2. The predicted molar refractivity (Wildman–Crippen MR) is 94.6 cm³/mol. The lowest BCUT2D eigenvalue weighted by molar-refractivity contribution is -0.123. The highest BCUT2D eigenvalue weighted by molar-refractivity contribution is 5.94. The van der Waals surface area contributed by atoms with E-state index in [9.17, 15) is 9.59 Å². The van der Waals surface area contributed by atoms with Crippen molar-refractivity contribution in [3.63, 3.8) is 0 Å². The number of fused-ring (bicyclic) bond motifs is 1. The average molecular weight is 347 g/mol. The van der Waals surface area contributed by atoms with Crippen molar-refractivity contribution in [3.8, 4) is 5.69 Å². The lowest BCUT2D eigenvalue weighted by Gasteiger charge is -2.11. The number of aromatic nitrogens is 2. The van der Waals surface area contributed by atoms with Gasteiger partial charge in [0.15, 0.2) is 0 Å². The fourth-order valence-corrected chi connectivity index (χ4v) is 3.01. The summed E-state index contributed by atoms with van der Waals surface area (Å²) in [6.07, 6.45) is 4.94. The van der Waals surface area contributed by atoms with Gasteiger partial charge in [0.1, 0.15) is 6.10 Å². The van der Waals surface area contributed by atoms with Crippen LogP contribution in [0.15, 0.2) is 67.3 Å². The lowest BCUT2D eigenvalue weighted by Crippen LogP contribution is -2.24. The molecule has 26 heavy (non-hydrogen) atoms. The third kappa shape index (κ3) is 3.21. The number of rotatable bonds is 5. The minimum absolute atomic E-state index is 0.121. The van der Waals surface area contributed by atoms with Crippen molar-refractivity contribution in [1.82, 2.24) is 14.9 Å². The Morgan fingerprint density at radius 1 is 1.15 bits per heavy atom. The van der Waals surface area contributed by atoms with Crippen LogP contribution in [0.4, 0.5) is 0 Å². The summed E-state index contributed by atoms with van der Waals surface area (Å²) in [7, 11) is 0. The van der Waals surface area contributed by atoms with E-state index in [1.54, 1.807) is 24.7 Å². The first-order chi connectivity index (χ1) is 12.7. The second-order valence-electron chi connectivity index (χ2n) is 6.10. The summed E-state index contributed by atoms with van der Waals surface area (Å²) in [6, 6.07) is 15.0. The van der Waals surface area contributed by atoms with Crippen LogP contribution in [0.3, 0.4) is 0 Å². The molecule has 0 saturated carbocycles. The molecular formula is C20H17N3O3. The second-order valence-corrected chi connectivity index (χ2v) is 6.10. The van der Waals surface area contributed by atoms with Crippen molar-refractivity contribution in [2.45, 2.75) is 19.1 Å². The summed E-state index contributed by atoms with van der Waals surface area (Å²) >= 11 is 0. The van der Waals surface area contributed by atoms with Crippen LogP contribution >= 0.6 is 0 Å². The zero-order chi connectivity index (χ0) is 17.9. The Bertz CT molecular complexity index is 933. The van der Waals surface area contributed by atoms with Crippen LogP contribution in [0.2, 0.25) is 0 Å². The van der Waals surface area contributed by atoms with Gasteiger partial charge in [0, 0.05) is 30.2 Å². The zero-order valence-corrected chi connectivity index (χ0v) is 14.0. The Morgan fingerprint density at radius 2 is 1.96 bits per heavy atom. The molecule has 0 aliphatic carbocycles. The molecule has 0 bridgehead atoms. The molecule has 1 aromatic heterocycles. The Morgan fingerprint density at radius 3 is 2.73 bits per heavy atom. The fourth-order valence-electron chi connectivity index (χ4n) is 3.01. The van der Waals surface area contributed by atoms with E-state index in [0.717, 1.165) is 16.8 Å². The van der Waals surface area contributed by atoms with Gasteiger partial charge in [0.2, 0.25) is 5.91 Å². The Labute approximate surface area is 150 Å². The largest absolute Gasteiger partial charge is 0.453 e. The van der Waals surface area contributed by atoms with Crippen LogP contribution < -0.4 is 5.32 Å². The molecule has 0 spiro atoms. The number of amides is 1. The number of nitrogens with zero attached hydrogens (tertiary/aromatic N) is 2. The number of hydrogen-bond acceptors (Lipinski definition) is 4. The summed E-state index contributed by atoms with van der Waals surface area (Å²) in [5.74, 6) is -0.522. The maximum Gasteiger partial charge on any atom is 0.339 e. The number of imidazole rings is 1. The van der Waals surface area contributed by atoms with Crippen LogP contribution in [0, 0.1) is 0 Å². The lowest BCUT2D eigenvalue weighted by atomic mass is 10.0. The van der Waals surface area contributed by atoms with Crippen molar-refractivity contribution in [1.29, 1.82) is 0 Å². The monoisotopic (exact) mass is 347 g/mol. The molecule has 1 unspecified atom stereocenters. The summed E-state index contributed by atoms with van der Waals surface area (Å²) in [5.41, 5.74) is 3.32. The summed E-state index contributed by atoms with van der Waals surface area (Å²) in [5, 5.41) is 2.88. The van der Waals surface area contributed by atoms with Gasteiger partial charge in [-0.05, 0) is 23.8 Å². The van der Waals surface area contributed by atoms with Gasteiger partial charge < -0.3 is 14.6 Å². The quantitative estimate of drug-likeness (QED) is 0.720. The zero-order valence-electron chi connectivity index (χ0n) is 14.0. The molecule has 1 aliphatic rings. The van der Waals surface area contributed by atoms with Crippen LogP contribution in [0.25, 0.3) is 5.69 Å². The van der Waals surface area contributed by atoms with Gasteiger partial charge >= 0.3 is 5.97 Å². The van der Waals surface area contributed by atoms with Crippen LogP contribution in [-0.2, 0) is 16.1 Å². The molecule has 1 aliphatic heterocycles. The van der Waals surface area contributed by atoms with Crippen molar-refractivity contribution in [2.24, 2.45) is 0 Å². The molecule has 1 amide bonds. The highest BCUT2D eigenvalue weighted by Crippen LogP contribution is 2.32. The van der Waals surface area contributed by atoms with E-state index in [4.69, 9.17) is 4.74 Å². The topological polar surface area (TPSA) is 73.2 Å². The normalized spacial score (nSPS) is 15.4. The molecule has 0 saturated heterocycles. The van der Waals surface area contributed by atoms with E-state index in [-0.39, 0.29) is 18.3 Å². The third-order valence-corrected chi connectivity index (χ3v) is 4.38. The van der Waals surface area contributed by atoms with Crippen molar-refractivity contribution in [2.75, 3.05) is 0 Å². The molecule has 1 atom stereocenters. The standard InChI is InChI=1S/C20H17N3O3/c24-19(11-18-16-3-1-2-4-17(16)20(25)26-18)22-12-14-5-7-15(8-6-14)23-10-9-21-13-23/h1-10,13,18H,11-12H2,(H,22,24). The number of cyclic esters (lactones) is 1. The van der Waals surface area contributed by atoms with Crippen LogP contribution in [0.1, 0.15) is 34.0 Å². The van der Waals surface area contributed by atoms with E-state index in [1.165, 1.54) is 0 Å². The molecule has 6 nitrogen and oxygen atoms in total. The average Bonchev–Trinajstić information content (AvgIpc) is 3.30. The third-order valence-electron chi connectivity index (χ3n) is 4.38. The van der Waals surface area contributed by atoms with E-state index in [1.807, 2.05) is 47.2 Å². The van der Waals surface area contributed by atoms with E-state index >= 15 is 0 Å².